The fourth-order valence-electron chi connectivity index (χ4n) is 2.86. The standard InChI is InChI=1S/C20H23N3O4/c1-23(2)16(15-6-4-3-5-7-15)12-22-20(25)19(24)21-11-14-8-9-17-18(10-14)27-13-26-17/h3-10,16H,11-13H2,1-2H3,(H,21,24)(H,22,25)/t16-/m1/s1. The number of nitrogens with zero attached hydrogens (tertiary/aromatic N) is 1. The number of carbonyl (C=O) groups excluding carboxylic acids is 2. The quantitative estimate of drug-likeness (QED) is 0.754. The van der Waals surface area contributed by atoms with Gasteiger partial charge in [-0.05, 0) is 37.4 Å². The lowest BCUT2D eigenvalue weighted by molar-refractivity contribution is -0.139. The summed E-state index contributed by atoms with van der Waals surface area (Å²) in [7, 11) is 3.87. The van der Waals surface area contributed by atoms with Crippen LogP contribution in [0.4, 0.5) is 0 Å². The van der Waals surface area contributed by atoms with Crippen LogP contribution in [0.15, 0.2) is 48.5 Å². The van der Waals surface area contributed by atoms with Crippen LogP contribution in [-0.4, -0.2) is 44.1 Å². The van der Waals surface area contributed by atoms with Crippen LogP contribution in [0.3, 0.4) is 0 Å². The lowest BCUT2D eigenvalue weighted by atomic mass is 10.1. The molecule has 142 valence electrons. The van der Waals surface area contributed by atoms with Gasteiger partial charge in [0.2, 0.25) is 6.79 Å². The normalized spacial score (nSPS) is 13.3. The first-order chi connectivity index (χ1) is 13.0. The van der Waals surface area contributed by atoms with Crippen LogP contribution in [0.2, 0.25) is 0 Å². The molecule has 0 saturated heterocycles. The first kappa shape index (κ1) is 18.7. The Labute approximate surface area is 158 Å². The van der Waals surface area contributed by atoms with Gasteiger partial charge in [-0.1, -0.05) is 36.4 Å². The lowest BCUT2D eigenvalue weighted by Gasteiger charge is -2.25. The Hall–Kier alpha value is -3.06. The largest absolute Gasteiger partial charge is 0.454 e. The van der Waals surface area contributed by atoms with E-state index < -0.39 is 11.8 Å². The fourth-order valence-corrected chi connectivity index (χ4v) is 2.86. The van der Waals surface area contributed by atoms with Crippen molar-refractivity contribution >= 4 is 11.8 Å². The maximum absolute atomic E-state index is 12.1. The zero-order chi connectivity index (χ0) is 19.2. The minimum atomic E-state index is -0.668. The van der Waals surface area contributed by atoms with E-state index in [0.29, 0.717) is 18.0 Å². The van der Waals surface area contributed by atoms with Gasteiger partial charge in [0.25, 0.3) is 0 Å². The van der Waals surface area contributed by atoms with E-state index in [9.17, 15) is 9.59 Å². The smallest absolute Gasteiger partial charge is 0.309 e. The summed E-state index contributed by atoms with van der Waals surface area (Å²) in [6, 6.07) is 15.2. The van der Waals surface area contributed by atoms with Gasteiger partial charge >= 0.3 is 11.8 Å². The van der Waals surface area contributed by atoms with E-state index >= 15 is 0 Å². The molecule has 0 fully saturated rings. The zero-order valence-electron chi connectivity index (χ0n) is 15.4. The van der Waals surface area contributed by atoms with Crippen molar-refractivity contribution in [2.45, 2.75) is 12.6 Å². The Bertz CT molecular complexity index is 808. The molecule has 3 rings (SSSR count). The highest BCUT2D eigenvalue weighted by Crippen LogP contribution is 2.32. The minimum Gasteiger partial charge on any atom is -0.454 e. The van der Waals surface area contributed by atoms with Crippen LogP contribution in [0, 0.1) is 0 Å². The molecule has 7 heteroatoms. The third-order valence-corrected chi connectivity index (χ3v) is 4.36. The van der Waals surface area contributed by atoms with Crippen LogP contribution in [0.5, 0.6) is 11.5 Å². The molecule has 1 atom stereocenters. The Kier molecular flexibility index (Phi) is 5.93. The average molecular weight is 369 g/mol. The monoisotopic (exact) mass is 369 g/mol. The van der Waals surface area contributed by atoms with E-state index in [1.165, 1.54) is 0 Å². The predicted molar refractivity (Wildman–Crippen MR) is 100 cm³/mol. The summed E-state index contributed by atoms with van der Waals surface area (Å²) >= 11 is 0. The van der Waals surface area contributed by atoms with Gasteiger partial charge in [-0.2, -0.15) is 0 Å². The molecule has 0 unspecified atom stereocenters. The topological polar surface area (TPSA) is 79.9 Å². The van der Waals surface area contributed by atoms with E-state index in [1.807, 2.05) is 55.4 Å². The molecule has 1 aliphatic rings. The summed E-state index contributed by atoms with van der Waals surface area (Å²) in [6.07, 6.45) is 0. The molecule has 2 N–H and O–H groups in total. The molecule has 0 saturated carbocycles. The molecule has 7 nitrogen and oxygen atoms in total. The summed E-state index contributed by atoms with van der Waals surface area (Å²) < 4.78 is 10.6. The predicted octanol–water partition coefficient (Wildman–Crippen LogP) is 1.45. The molecule has 0 aliphatic carbocycles. The highest BCUT2D eigenvalue weighted by Gasteiger charge is 2.19. The number of hydrogen-bond acceptors (Lipinski definition) is 5. The van der Waals surface area contributed by atoms with E-state index in [4.69, 9.17) is 9.47 Å². The van der Waals surface area contributed by atoms with Gasteiger partial charge in [0.15, 0.2) is 11.5 Å². The molecule has 0 spiro atoms. The number of carbonyl (C=O) groups is 2. The second-order valence-electron chi connectivity index (χ2n) is 6.47. The molecule has 0 radical (unpaired) electrons. The first-order valence-electron chi connectivity index (χ1n) is 8.70. The van der Waals surface area contributed by atoms with Crippen LogP contribution in [0.25, 0.3) is 0 Å². The van der Waals surface area contributed by atoms with Gasteiger partial charge in [0.05, 0.1) is 6.04 Å². The highest BCUT2D eigenvalue weighted by atomic mass is 16.7. The molecular weight excluding hydrogens is 346 g/mol. The SMILES string of the molecule is CN(C)[C@H](CNC(=O)C(=O)NCc1ccc2c(c1)OCO2)c1ccccc1. The zero-order valence-corrected chi connectivity index (χ0v) is 15.4. The number of ether oxygens (including phenoxy) is 2. The van der Waals surface area contributed by atoms with E-state index in [2.05, 4.69) is 10.6 Å². The van der Waals surface area contributed by atoms with Crippen molar-refractivity contribution in [3.05, 3.63) is 59.7 Å². The Morgan fingerprint density at radius 3 is 2.44 bits per heavy atom. The van der Waals surface area contributed by atoms with Gasteiger partial charge in [-0.3, -0.25) is 9.59 Å². The number of likely N-dealkylation sites (N-methyl/N-ethyl adjacent to an activating group) is 1. The maximum Gasteiger partial charge on any atom is 0.309 e. The molecule has 1 aliphatic heterocycles. The number of nitrogens with one attached hydrogen (secondary N) is 2. The summed E-state index contributed by atoms with van der Waals surface area (Å²) in [5.41, 5.74) is 1.90. The number of fused-ring (bicyclic) bond motifs is 1. The van der Waals surface area contributed by atoms with Crippen LogP contribution in [0.1, 0.15) is 17.2 Å². The lowest BCUT2D eigenvalue weighted by Crippen LogP contribution is -2.42. The van der Waals surface area contributed by atoms with Crippen LogP contribution < -0.4 is 20.1 Å². The maximum atomic E-state index is 12.1. The van der Waals surface area contributed by atoms with Crippen molar-refractivity contribution in [2.75, 3.05) is 27.4 Å². The van der Waals surface area contributed by atoms with Gasteiger partial charge in [0, 0.05) is 13.1 Å². The molecule has 2 aromatic carbocycles. The second kappa shape index (κ2) is 8.55. The summed E-state index contributed by atoms with van der Waals surface area (Å²) in [5, 5.41) is 5.32. The van der Waals surface area contributed by atoms with Crippen molar-refractivity contribution in [1.82, 2.24) is 15.5 Å². The van der Waals surface area contributed by atoms with Gasteiger partial charge in [-0.15, -0.1) is 0 Å². The third-order valence-electron chi connectivity index (χ3n) is 4.36. The first-order valence-corrected chi connectivity index (χ1v) is 8.70. The fraction of sp³-hybridized carbons (Fsp3) is 0.300. The summed E-state index contributed by atoms with van der Waals surface area (Å²) in [5.74, 6) is -0.00176. The van der Waals surface area contributed by atoms with Crippen LogP contribution >= 0.6 is 0 Å². The number of rotatable bonds is 6. The molecule has 0 aromatic heterocycles. The Morgan fingerprint density at radius 2 is 1.70 bits per heavy atom. The highest BCUT2D eigenvalue weighted by molar-refractivity contribution is 6.35. The van der Waals surface area contributed by atoms with E-state index in [0.717, 1.165) is 11.1 Å². The molecule has 1 heterocycles. The van der Waals surface area contributed by atoms with E-state index in [-0.39, 0.29) is 19.4 Å². The third kappa shape index (κ3) is 4.77. The molecule has 0 bridgehead atoms. The Morgan fingerprint density at radius 1 is 1.00 bits per heavy atom. The minimum absolute atomic E-state index is 0.0168. The second-order valence-corrected chi connectivity index (χ2v) is 6.47. The molecule has 2 amide bonds. The summed E-state index contributed by atoms with van der Waals surface area (Å²) in [6.45, 7) is 0.772. The number of amides is 2. The average Bonchev–Trinajstić information content (AvgIpc) is 3.14. The van der Waals surface area contributed by atoms with Crippen molar-refractivity contribution in [3.63, 3.8) is 0 Å². The number of hydrogen-bond donors (Lipinski definition) is 2. The van der Waals surface area contributed by atoms with Crippen LogP contribution in [-0.2, 0) is 16.1 Å². The van der Waals surface area contributed by atoms with Gasteiger partial charge in [0.1, 0.15) is 0 Å². The molecular formula is C20H23N3O4. The van der Waals surface area contributed by atoms with Gasteiger partial charge < -0.3 is 25.0 Å². The molecule has 27 heavy (non-hydrogen) atoms. The Balaban J connectivity index is 1.50. The number of benzene rings is 2. The van der Waals surface area contributed by atoms with Crippen molar-refractivity contribution in [1.29, 1.82) is 0 Å². The van der Waals surface area contributed by atoms with E-state index in [1.54, 1.807) is 12.1 Å². The summed E-state index contributed by atoms with van der Waals surface area (Å²) in [4.78, 5) is 26.2. The molecule has 2 aromatic rings. The van der Waals surface area contributed by atoms with Crippen molar-refractivity contribution < 1.29 is 19.1 Å². The van der Waals surface area contributed by atoms with Gasteiger partial charge in [-0.25, -0.2) is 0 Å². The van der Waals surface area contributed by atoms with Crippen molar-refractivity contribution in [3.8, 4) is 11.5 Å². The van der Waals surface area contributed by atoms with Crippen molar-refractivity contribution in [2.24, 2.45) is 0 Å².